The summed E-state index contributed by atoms with van der Waals surface area (Å²) >= 11 is 0. The average Bonchev–Trinajstić information content (AvgIpc) is 2.28. The summed E-state index contributed by atoms with van der Waals surface area (Å²) in [5.41, 5.74) is 2.60. The number of hydrogen-bond acceptors (Lipinski definition) is 2. The van der Waals surface area contributed by atoms with E-state index in [-0.39, 0.29) is 12.2 Å². The number of benzene rings is 1. The molecule has 0 saturated heterocycles. The Morgan fingerprint density at radius 2 is 1.94 bits per heavy atom. The molecule has 1 aromatic carbocycles. The van der Waals surface area contributed by atoms with Gasteiger partial charge in [-0.2, -0.15) is 0 Å². The molecule has 2 nitrogen and oxygen atoms in total. The van der Waals surface area contributed by atoms with Gasteiger partial charge in [0.15, 0.2) is 0 Å². The lowest BCUT2D eigenvalue weighted by Gasteiger charge is -2.23. The molecule has 0 fully saturated rings. The Hall–Kier alpha value is -0.860. The lowest BCUT2D eigenvalue weighted by molar-refractivity contribution is 0.00691. The molecule has 1 rings (SSSR count). The molecule has 1 atom stereocenters. The molecular formula is C15H25NO. The molecule has 1 aromatic rings. The van der Waals surface area contributed by atoms with E-state index >= 15 is 0 Å². The first kappa shape index (κ1) is 14.2. The van der Waals surface area contributed by atoms with Crippen molar-refractivity contribution in [3.05, 3.63) is 35.4 Å². The van der Waals surface area contributed by atoms with E-state index in [1.807, 2.05) is 0 Å². The molecule has 1 unspecified atom stereocenters. The summed E-state index contributed by atoms with van der Waals surface area (Å²) in [7, 11) is 0. The van der Waals surface area contributed by atoms with Gasteiger partial charge >= 0.3 is 0 Å². The third-order valence-corrected chi connectivity index (χ3v) is 2.73. The van der Waals surface area contributed by atoms with E-state index in [4.69, 9.17) is 4.74 Å². The predicted molar refractivity (Wildman–Crippen MR) is 73.3 cm³/mol. The second kappa shape index (κ2) is 7.46. The molecule has 0 aliphatic heterocycles. The quantitative estimate of drug-likeness (QED) is 0.731. The van der Waals surface area contributed by atoms with E-state index in [1.54, 1.807) is 0 Å². The summed E-state index contributed by atoms with van der Waals surface area (Å²) in [6, 6.07) is 8.46. The summed E-state index contributed by atoms with van der Waals surface area (Å²) in [5.74, 6) is 0. The molecule has 0 aliphatic rings. The minimum absolute atomic E-state index is 0.155. The normalized spacial score (nSPS) is 13.0. The Labute approximate surface area is 105 Å². The van der Waals surface area contributed by atoms with Gasteiger partial charge in [0.2, 0.25) is 0 Å². The minimum atomic E-state index is 0.155. The Morgan fingerprint density at radius 1 is 1.24 bits per heavy atom. The molecule has 0 amide bonds. The van der Waals surface area contributed by atoms with Crippen LogP contribution in [0.5, 0.6) is 0 Å². The fourth-order valence-corrected chi connectivity index (χ4v) is 1.92. The number of hydrogen-bond donors (Lipinski definition) is 1. The molecule has 0 bridgehead atoms. The van der Waals surface area contributed by atoms with E-state index in [1.165, 1.54) is 11.1 Å². The van der Waals surface area contributed by atoms with E-state index in [9.17, 15) is 0 Å². The van der Waals surface area contributed by atoms with Crippen LogP contribution in [0.2, 0.25) is 0 Å². The van der Waals surface area contributed by atoms with Crippen LogP contribution in [0.15, 0.2) is 24.3 Å². The summed E-state index contributed by atoms with van der Waals surface area (Å²) in [5, 5.41) is 3.44. The highest BCUT2D eigenvalue weighted by Gasteiger charge is 2.14. The van der Waals surface area contributed by atoms with Crippen LogP contribution in [0.4, 0.5) is 0 Å². The van der Waals surface area contributed by atoms with Gasteiger partial charge in [0, 0.05) is 6.54 Å². The van der Waals surface area contributed by atoms with E-state index in [2.05, 4.69) is 57.3 Å². The zero-order valence-corrected chi connectivity index (χ0v) is 11.5. The van der Waals surface area contributed by atoms with Crippen molar-refractivity contribution in [2.75, 3.05) is 13.1 Å². The number of nitrogens with one attached hydrogen (secondary N) is 1. The molecule has 0 aromatic heterocycles. The average molecular weight is 235 g/mol. The highest BCUT2D eigenvalue weighted by Crippen LogP contribution is 2.21. The summed E-state index contributed by atoms with van der Waals surface area (Å²) < 4.78 is 6.00. The van der Waals surface area contributed by atoms with Gasteiger partial charge in [-0.15, -0.1) is 0 Å². The van der Waals surface area contributed by atoms with Crippen LogP contribution in [0.1, 0.15) is 44.4 Å². The molecular weight excluding hydrogens is 210 g/mol. The second-order valence-electron chi connectivity index (χ2n) is 4.73. The standard InChI is InChI=1S/C15H25NO/c1-5-10-16-11-15(17-12(2)3)14-9-7-6-8-13(14)4/h6-9,12,15-16H,5,10-11H2,1-4H3. The molecule has 1 N–H and O–H groups in total. The third-order valence-electron chi connectivity index (χ3n) is 2.73. The topological polar surface area (TPSA) is 21.3 Å². The van der Waals surface area contributed by atoms with E-state index in [0.29, 0.717) is 0 Å². The van der Waals surface area contributed by atoms with Gasteiger partial charge < -0.3 is 10.1 Å². The van der Waals surface area contributed by atoms with Crippen molar-refractivity contribution in [1.29, 1.82) is 0 Å². The fraction of sp³-hybridized carbons (Fsp3) is 0.600. The lowest BCUT2D eigenvalue weighted by atomic mass is 10.0. The SMILES string of the molecule is CCCNCC(OC(C)C)c1ccccc1C. The molecule has 0 saturated carbocycles. The first-order chi connectivity index (χ1) is 8.15. The van der Waals surface area contributed by atoms with Gasteiger partial charge in [-0.3, -0.25) is 0 Å². The molecule has 0 aliphatic carbocycles. The predicted octanol–water partition coefficient (Wildman–Crippen LogP) is 3.46. The Bertz CT molecular complexity index is 322. The number of ether oxygens (including phenoxy) is 1. The Morgan fingerprint density at radius 3 is 2.53 bits per heavy atom. The summed E-state index contributed by atoms with van der Waals surface area (Å²) in [4.78, 5) is 0. The fourth-order valence-electron chi connectivity index (χ4n) is 1.92. The van der Waals surface area contributed by atoms with E-state index in [0.717, 1.165) is 19.5 Å². The van der Waals surface area contributed by atoms with Gasteiger partial charge in [-0.25, -0.2) is 0 Å². The highest BCUT2D eigenvalue weighted by atomic mass is 16.5. The molecule has 96 valence electrons. The van der Waals surface area contributed by atoms with Crippen LogP contribution in [0.3, 0.4) is 0 Å². The van der Waals surface area contributed by atoms with Crippen molar-refractivity contribution >= 4 is 0 Å². The zero-order valence-electron chi connectivity index (χ0n) is 11.5. The first-order valence-electron chi connectivity index (χ1n) is 6.56. The monoisotopic (exact) mass is 235 g/mol. The first-order valence-corrected chi connectivity index (χ1v) is 6.56. The van der Waals surface area contributed by atoms with Crippen molar-refractivity contribution in [2.45, 2.75) is 46.3 Å². The maximum atomic E-state index is 6.00. The van der Waals surface area contributed by atoms with Crippen LogP contribution in [-0.2, 0) is 4.74 Å². The van der Waals surface area contributed by atoms with Gasteiger partial charge in [0.05, 0.1) is 12.2 Å². The van der Waals surface area contributed by atoms with Crippen molar-refractivity contribution in [3.8, 4) is 0 Å². The van der Waals surface area contributed by atoms with Crippen molar-refractivity contribution < 1.29 is 4.74 Å². The number of aryl methyl sites for hydroxylation is 1. The maximum absolute atomic E-state index is 6.00. The van der Waals surface area contributed by atoms with Crippen LogP contribution >= 0.6 is 0 Å². The van der Waals surface area contributed by atoms with Crippen LogP contribution < -0.4 is 5.32 Å². The van der Waals surface area contributed by atoms with Gasteiger partial charge in [-0.1, -0.05) is 31.2 Å². The maximum Gasteiger partial charge on any atom is 0.0955 e. The summed E-state index contributed by atoms with van der Waals surface area (Å²) in [6.07, 6.45) is 1.56. The van der Waals surface area contributed by atoms with E-state index < -0.39 is 0 Å². The van der Waals surface area contributed by atoms with Crippen LogP contribution in [-0.4, -0.2) is 19.2 Å². The van der Waals surface area contributed by atoms with Crippen LogP contribution in [0, 0.1) is 6.92 Å². The summed E-state index contributed by atoms with van der Waals surface area (Å²) in [6.45, 7) is 10.4. The largest absolute Gasteiger partial charge is 0.370 e. The second-order valence-corrected chi connectivity index (χ2v) is 4.73. The molecule has 0 spiro atoms. The molecule has 0 radical (unpaired) electrons. The lowest BCUT2D eigenvalue weighted by Crippen LogP contribution is -2.26. The minimum Gasteiger partial charge on any atom is -0.370 e. The Kier molecular flexibility index (Phi) is 6.23. The molecule has 2 heteroatoms. The highest BCUT2D eigenvalue weighted by molar-refractivity contribution is 5.28. The number of rotatable bonds is 7. The Balaban J connectivity index is 2.71. The van der Waals surface area contributed by atoms with Crippen molar-refractivity contribution in [2.24, 2.45) is 0 Å². The zero-order chi connectivity index (χ0) is 12.7. The molecule has 0 heterocycles. The third kappa shape index (κ3) is 4.88. The van der Waals surface area contributed by atoms with Crippen molar-refractivity contribution in [3.63, 3.8) is 0 Å². The van der Waals surface area contributed by atoms with Gasteiger partial charge in [-0.05, 0) is 44.9 Å². The van der Waals surface area contributed by atoms with Crippen LogP contribution in [0.25, 0.3) is 0 Å². The molecule has 17 heavy (non-hydrogen) atoms. The van der Waals surface area contributed by atoms with Crippen molar-refractivity contribution in [1.82, 2.24) is 5.32 Å². The van der Waals surface area contributed by atoms with Gasteiger partial charge in [0.1, 0.15) is 0 Å². The van der Waals surface area contributed by atoms with Gasteiger partial charge in [0.25, 0.3) is 0 Å². The smallest absolute Gasteiger partial charge is 0.0955 e.